The molecule has 0 unspecified atom stereocenters. The molecule has 1 heterocycles. The van der Waals surface area contributed by atoms with E-state index in [4.69, 9.17) is 16.3 Å². The van der Waals surface area contributed by atoms with Gasteiger partial charge in [-0.1, -0.05) is 0 Å². The van der Waals surface area contributed by atoms with Gasteiger partial charge in [-0.3, -0.25) is 0 Å². The topological polar surface area (TPSA) is 39.9 Å². The van der Waals surface area contributed by atoms with E-state index in [1.807, 2.05) is 25.3 Å². The normalized spacial score (nSPS) is 11.7. The summed E-state index contributed by atoms with van der Waals surface area (Å²) in [6, 6.07) is 4.66. The third-order valence-corrected chi connectivity index (χ3v) is 3.18. The van der Waals surface area contributed by atoms with Crippen molar-refractivity contribution in [3.8, 4) is 17.1 Å². The molecule has 0 amide bonds. The highest BCUT2D eigenvalue weighted by Gasteiger charge is 2.25. The highest BCUT2D eigenvalue weighted by Crippen LogP contribution is 2.30. The lowest BCUT2D eigenvalue weighted by molar-refractivity contribution is 0.389. The van der Waals surface area contributed by atoms with Crippen LogP contribution in [0.15, 0.2) is 18.2 Å². The van der Waals surface area contributed by atoms with Crippen molar-refractivity contribution in [3.05, 3.63) is 29.8 Å². The summed E-state index contributed by atoms with van der Waals surface area (Å²) < 4.78 is 21.1. The van der Waals surface area contributed by atoms with Gasteiger partial charge < -0.3 is 9.30 Å². The fourth-order valence-corrected chi connectivity index (χ4v) is 2.26. The second-order valence-electron chi connectivity index (χ2n) is 5.43. The van der Waals surface area contributed by atoms with Crippen LogP contribution in [0.4, 0.5) is 4.39 Å². The van der Waals surface area contributed by atoms with Gasteiger partial charge in [0, 0.05) is 11.6 Å². The predicted octanol–water partition coefficient (Wildman–Crippen LogP) is 3.59. The summed E-state index contributed by atoms with van der Waals surface area (Å²) in [6.45, 7) is 5.99. The van der Waals surface area contributed by atoms with Crippen molar-refractivity contribution < 1.29 is 9.13 Å². The Kier molecular flexibility index (Phi) is 3.99. The molecule has 4 nitrogen and oxygen atoms in total. The van der Waals surface area contributed by atoms with Crippen molar-refractivity contribution in [1.29, 1.82) is 0 Å². The Labute approximate surface area is 122 Å². The smallest absolute Gasteiger partial charge is 0.167 e. The highest BCUT2D eigenvalue weighted by molar-refractivity contribution is 6.16. The maximum absolute atomic E-state index is 14.2. The molecule has 0 aliphatic heterocycles. The van der Waals surface area contributed by atoms with Crippen LogP contribution < -0.4 is 4.74 Å². The van der Waals surface area contributed by atoms with Gasteiger partial charge in [0.25, 0.3) is 0 Å². The monoisotopic (exact) mass is 297 g/mol. The molecular weight excluding hydrogens is 281 g/mol. The number of methoxy groups -OCH3 is 1. The standard InChI is InChI=1S/C14H17ClFN3O/c1-14(2,3)19-12(8-15)17-18-13(19)10-6-5-9(20-4)7-11(10)16/h5-7H,8H2,1-4H3. The summed E-state index contributed by atoms with van der Waals surface area (Å²) in [5.74, 6) is 1.37. The number of nitrogens with zero attached hydrogens (tertiary/aromatic N) is 3. The minimum absolute atomic E-state index is 0.224. The lowest BCUT2D eigenvalue weighted by Gasteiger charge is -2.24. The van der Waals surface area contributed by atoms with Crippen LogP contribution in [-0.2, 0) is 11.4 Å². The molecule has 108 valence electrons. The average Bonchev–Trinajstić information content (AvgIpc) is 2.82. The second kappa shape index (κ2) is 5.40. The van der Waals surface area contributed by atoms with E-state index in [1.54, 1.807) is 12.1 Å². The van der Waals surface area contributed by atoms with Gasteiger partial charge >= 0.3 is 0 Å². The SMILES string of the molecule is COc1ccc(-c2nnc(CCl)n2C(C)(C)C)c(F)c1. The Balaban J connectivity index is 2.62. The van der Waals surface area contributed by atoms with Gasteiger partial charge in [-0.15, -0.1) is 21.8 Å². The number of hydrogen-bond acceptors (Lipinski definition) is 3. The Bertz CT molecular complexity index is 619. The molecule has 1 aromatic carbocycles. The third-order valence-electron chi connectivity index (χ3n) is 2.94. The molecule has 0 saturated heterocycles. The Morgan fingerprint density at radius 3 is 2.50 bits per heavy atom. The molecule has 2 aromatic rings. The lowest BCUT2D eigenvalue weighted by Crippen LogP contribution is -2.25. The Hall–Kier alpha value is -1.62. The van der Waals surface area contributed by atoms with E-state index in [0.29, 0.717) is 23.0 Å². The first kappa shape index (κ1) is 14.8. The predicted molar refractivity (Wildman–Crippen MR) is 76.5 cm³/mol. The molecule has 0 aliphatic carbocycles. The average molecular weight is 298 g/mol. The zero-order chi connectivity index (χ0) is 14.9. The summed E-state index contributed by atoms with van der Waals surface area (Å²) in [6.07, 6.45) is 0. The molecule has 0 bridgehead atoms. The number of hydrogen-bond donors (Lipinski definition) is 0. The van der Waals surface area contributed by atoms with E-state index in [1.165, 1.54) is 13.2 Å². The van der Waals surface area contributed by atoms with Crippen LogP contribution in [0.25, 0.3) is 11.4 Å². The number of ether oxygens (including phenoxy) is 1. The number of aromatic nitrogens is 3. The molecule has 0 radical (unpaired) electrons. The molecule has 20 heavy (non-hydrogen) atoms. The highest BCUT2D eigenvalue weighted by atomic mass is 35.5. The van der Waals surface area contributed by atoms with Crippen molar-refractivity contribution in [2.24, 2.45) is 0 Å². The first-order valence-corrected chi connectivity index (χ1v) is 6.76. The zero-order valence-corrected chi connectivity index (χ0v) is 12.7. The van der Waals surface area contributed by atoms with Crippen molar-refractivity contribution in [2.45, 2.75) is 32.2 Å². The van der Waals surface area contributed by atoms with Gasteiger partial charge in [-0.2, -0.15) is 0 Å². The second-order valence-corrected chi connectivity index (χ2v) is 5.69. The van der Waals surface area contributed by atoms with Gasteiger partial charge in [-0.05, 0) is 32.9 Å². The van der Waals surface area contributed by atoms with Crippen LogP contribution >= 0.6 is 11.6 Å². The van der Waals surface area contributed by atoms with Crippen LogP contribution in [0.3, 0.4) is 0 Å². The van der Waals surface area contributed by atoms with Crippen LogP contribution in [0.2, 0.25) is 0 Å². The molecule has 0 spiro atoms. The molecule has 0 fully saturated rings. The van der Waals surface area contributed by atoms with Gasteiger partial charge in [0.05, 0.1) is 18.6 Å². The number of alkyl halides is 1. The number of rotatable bonds is 3. The van der Waals surface area contributed by atoms with Crippen molar-refractivity contribution in [3.63, 3.8) is 0 Å². The molecule has 0 N–H and O–H groups in total. The minimum atomic E-state index is -0.400. The zero-order valence-electron chi connectivity index (χ0n) is 11.9. The quantitative estimate of drug-likeness (QED) is 0.813. The van der Waals surface area contributed by atoms with Crippen LogP contribution in [0.1, 0.15) is 26.6 Å². The minimum Gasteiger partial charge on any atom is -0.497 e. The third kappa shape index (κ3) is 2.63. The molecule has 0 atom stereocenters. The number of benzene rings is 1. The van der Waals surface area contributed by atoms with Crippen LogP contribution in [0.5, 0.6) is 5.75 Å². The molecule has 6 heteroatoms. The Morgan fingerprint density at radius 1 is 1.30 bits per heavy atom. The van der Waals surface area contributed by atoms with E-state index < -0.39 is 5.82 Å². The molecule has 1 aromatic heterocycles. The maximum atomic E-state index is 14.2. The van der Waals surface area contributed by atoms with E-state index >= 15 is 0 Å². The lowest BCUT2D eigenvalue weighted by atomic mass is 10.1. The van der Waals surface area contributed by atoms with E-state index in [0.717, 1.165) is 0 Å². The molecule has 0 saturated carbocycles. The van der Waals surface area contributed by atoms with Crippen molar-refractivity contribution in [1.82, 2.24) is 14.8 Å². The van der Waals surface area contributed by atoms with E-state index in [2.05, 4.69) is 10.2 Å². The van der Waals surface area contributed by atoms with Gasteiger partial charge in [0.1, 0.15) is 17.4 Å². The number of halogens is 2. The summed E-state index contributed by atoms with van der Waals surface area (Å²) in [5, 5.41) is 8.13. The maximum Gasteiger partial charge on any atom is 0.167 e. The van der Waals surface area contributed by atoms with E-state index in [-0.39, 0.29) is 11.4 Å². The van der Waals surface area contributed by atoms with Crippen molar-refractivity contribution in [2.75, 3.05) is 7.11 Å². The van der Waals surface area contributed by atoms with Gasteiger partial charge in [-0.25, -0.2) is 4.39 Å². The van der Waals surface area contributed by atoms with Crippen molar-refractivity contribution >= 4 is 11.6 Å². The first-order valence-electron chi connectivity index (χ1n) is 6.23. The summed E-state index contributed by atoms with van der Waals surface area (Å²) in [5.41, 5.74) is 0.0830. The Morgan fingerprint density at radius 2 is 2.00 bits per heavy atom. The molecular formula is C14H17ClFN3O. The summed E-state index contributed by atoms with van der Waals surface area (Å²) in [7, 11) is 1.50. The van der Waals surface area contributed by atoms with Gasteiger partial charge in [0.2, 0.25) is 0 Å². The summed E-state index contributed by atoms with van der Waals surface area (Å²) in [4.78, 5) is 0. The first-order chi connectivity index (χ1) is 9.38. The summed E-state index contributed by atoms with van der Waals surface area (Å²) >= 11 is 5.89. The molecule has 0 aliphatic rings. The van der Waals surface area contributed by atoms with Gasteiger partial charge in [0.15, 0.2) is 5.82 Å². The largest absolute Gasteiger partial charge is 0.497 e. The molecule has 2 rings (SSSR count). The van der Waals surface area contributed by atoms with Crippen LogP contribution in [0, 0.1) is 5.82 Å². The van der Waals surface area contributed by atoms with E-state index in [9.17, 15) is 4.39 Å². The fraction of sp³-hybridized carbons (Fsp3) is 0.429. The van der Waals surface area contributed by atoms with Crippen LogP contribution in [-0.4, -0.2) is 21.9 Å². The fourth-order valence-electron chi connectivity index (χ4n) is 2.09.